The highest BCUT2D eigenvalue weighted by Gasteiger charge is 2.42. The Balaban J connectivity index is 1.34. The number of nitrogens with zero attached hydrogens (tertiary/aromatic N) is 4. The molecule has 4 heterocycles. The molecule has 32 nitrogen and oxygen atoms in total. The number of aliphatic imine (C=N–C) groups is 2. The molecule has 11 atom stereocenters. The van der Waals surface area contributed by atoms with Crippen molar-refractivity contribution in [2.24, 2.45) is 38.7 Å². The van der Waals surface area contributed by atoms with E-state index in [1.807, 2.05) is 0 Å². The topological polar surface area (TPSA) is 510 Å². The van der Waals surface area contributed by atoms with E-state index in [1.165, 1.54) is 23.6 Å². The number of H-pyrrole nitrogens is 1. The Bertz CT molecular complexity index is 3230. The normalized spacial score (nSPS) is 21.3. The molecule has 0 aliphatic carbocycles. The van der Waals surface area contributed by atoms with Crippen molar-refractivity contribution >= 4 is 93.7 Å². The summed E-state index contributed by atoms with van der Waals surface area (Å²) in [7, 11) is 0. The average molecular weight is 1300 g/mol. The summed E-state index contributed by atoms with van der Waals surface area (Å²) in [4.78, 5) is 182. The van der Waals surface area contributed by atoms with Crippen molar-refractivity contribution < 1.29 is 62.6 Å². The minimum absolute atomic E-state index is 0.0120. The third kappa shape index (κ3) is 21.4. The van der Waals surface area contributed by atoms with Gasteiger partial charge in [0.05, 0.1) is 6.61 Å². The molecular formula is C61H89N19O13. The van der Waals surface area contributed by atoms with E-state index >= 15 is 9.59 Å². The summed E-state index contributed by atoms with van der Waals surface area (Å²) in [6.45, 7) is 3.45. The summed E-state index contributed by atoms with van der Waals surface area (Å²) in [5, 5.41) is 34.4. The standard InChI is InChI=1S/C61H89N19O13/c1-33(70-55(89)46(32-81)72-35(3)82)50(84)74-42(22-12-26-68-61(65)66)52(86)77-44(30-37-31-69-39-18-8-7-17-38(37)39)54(88)75-41-19-9-10-20-43(58(92)79-27-14-24-48(79)57(91)73-40(49(62)83)21-11-25-67-60(63)64)76-51(85)34(2)71-56(90)47-23-13-28-80(47)59(93)45(78-53(41)87)29-36-15-5-4-6-16-36/h4-8,15-18,31,33-34,40-48,69,81H,9-14,19-30,32H2,1-3H3,(H2,62,83)(H,70,89)(H,71,90)(H,72,82)(H,73,91)(H,74,84)(H,75,88)(H,76,85)(H,77,86)(H,78,87)(H4,63,64,67)(H4,65,66,68)/t33-,34-,40-,41-,42-,43-,44-,45-,46-,47-,48-/m0/s1. The molecule has 0 radical (unpaired) electrons. The summed E-state index contributed by atoms with van der Waals surface area (Å²) in [5.74, 6) is -9.57. The molecule has 3 aliphatic heterocycles. The number of benzene rings is 2. The van der Waals surface area contributed by atoms with E-state index in [0.29, 0.717) is 34.9 Å². The lowest BCUT2D eigenvalue weighted by molar-refractivity contribution is -0.143. The van der Waals surface area contributed by atoms with Crippen LogP contribution in [0.4, 0.5) is 0 Å². The van der Waals surface area contributed by atoms with Crippen LogP contribution < -0.4 is 76.5 Å². The minimum Gasteiger partial charge on any atom is -0.394 e. The molecule has 2 aromatic carbocycles. The van der Waals surface area contributed by atoms with Gasteiger partial charge in [-0.2, -0.15) is 0 Å². The van der Waals surface area contributed by atoms with Gasteiger partial charge in [-0.1, -0.05) is 61.4 Å². The van der Waals surface area contributed by atoms with Crippen LogP contribution in [0.25, 0.3) is 10.9 Å². The smallest absolute Gasteiger partial charge is 0.246 e. The number of nitrogens with two attached hydrogens (primary N) is 5. The number of guanidine groups is 2. The van der Waals surface area contributed by atoms with Crippen LogP contribution in [0.15, 0.2) is 70.8 Å². The van der Waals surface area contributed by atoms with Crippen LogP contribution in [0.1, 0.15) is 109 Å². The van der Waals surface area contributed by atoms with Crippen molar-refractivity contribution in [3.63, 3.8) is 0 Å². The van der Waals surface area contributed by atoms with E-state index in [4.69, 9.17) is 28.7 Å². The van der Waals surface area contributed by atoms with Gasteiger partial charge in [0, 0.05) is 63.0 Å². The number of carbonyl (C=O) groups is 12. The molecule has 3 aliphatic rings. The highest BCUT2D eigenvalue weighted by molar-refractivity contribution is 6.00. The molecule has 93 heavy (non-hydrogen) atoms. The number of likely N-dealkylation sites (tertiary alicyclic amines) is 1. The molecule has 506 valence electrons. The van der Waals surface area contributed by atoms with Crippen LogP contribution in [-0.4, -0.2) is 202 Å². The number of hydrogen-bond acceptors (Lipinski definition) is 15. The molecule has 3 aromatic rings. The molecule has 3 fully saturated rings. The van der Waals surface area contributed by atoms with Gasteiger partial charge in [0.15, 0.2) is 11.9 Å². The fraction of sp³-hybridized carbons (Fsp3) is 0.541. The zero-order valence-corrected chi connectivity index (χ0v) is 52.6. The highest BCUT2D eigenvalue weighted by atomic mass is 16.3. The van der Waals surface area contributed by atoms with Crippen LogP contribution >= 0.6 is 0 Å². The number of aromatic nitrogens is 1. The maximum absolute atomic E-state index is 15.3. The molecular weight excluding hydrogens is 1210 g/mol. The number of primary amides is 1. The third-order valence-corrected chi connectivity index (χ3v) is 16.4. The molecule has 1 aromatic heterocycles. The van der Waals surface area contributed by atoms with Crippen LogP contribution in [0.3, 0.4) is 0 Å². The number of fused-ring (bicyclic) bond motifs is 2. The van der Waals surface area contributed by atoms with Gasteiger partial charge in [0.2, 0.25) is 70.9 Å². The number of nitrogens with one attached hydrogen (secondary N) is 10. The first-order valence-corrected chi connectivity index (χ1v) is 31.3. The van der Waals surface area contributed by atoms with Gasteiger partial charge in [0.1, 0.15) is 66.5 Å². The second-order valence-corrected chi connectivity index (χ2v) is 23.5. The van der Waals surface area contributed by atoms with E-state index in [2.05, 4.69) is 62.8 Å². The van der Waals surface area contributed by atoms with Crippen molar-refractivity contribution in [1.82, 2.24) is 62.6 Å². The number of carbonyl (C=O) groups excluding carboxylic acids is 12. The van der Waals surface area contributed by atoms with Gasteiger partial charge in [0.25, 0.3) is 0 Å². The summed E-state index contributed by atoms with van der Waals surface area (Å²) < 4.78 is 0. The first-order valence-electron chi connectivity index (χ1n) is 31.3. The van der Waals surface area contributed by atoms with E-state index < -0.39 is 144 Å². The fourth-order valence-electron chi connectivity index (χ4n) is 11.4. The predicted molar refractivity (Wildman–Crippen MR) is 341 cm³/mol. The van der Waals surface area contributed by atoms with Crippen LogP contribution in [0, 0.1) is 0 Å². The molecule has 0 bridgehead atoms. The van der Waals surface area contributed by atoms with Gasteiger partial charge in [-0.25, -0.2) is 0 Å². The number of rotatable bonds is 26. The second kappa shape index (κ2) is 35.1. The predicted octanol–water partition coefficient (Wildman–Crippen LogP) is -4.48. The van der Waals surface area contributed by atoms with E-state index in [1.54, 1.807) is 60.8 Å². The molecule has 32 heteroatoms. The molecule has 0 saturated carbocycles. The lowest BCUT2D eigenvalue weighted by atomic mass is 9.99. The zero-order valence-electron chi connectivity index (χ0n) is 52.6. The maximum Gasteiger partial charge on any atom is 0.246 e. The number of para-hydroxylation sites is 1. The first-order chi connectivity index (χ1) is 44.3. The summed E-state index contributed by atoms with van der Waals surface area (Å²) >= 11 is 0. The van der Waals surface area contributed by atoms with Crippen LogP contribution in [-0.2, 0) is 70.4 Å². The zero-order chi connectivity index (χ0) is 67.9. The van der Waals surface area contributed by atoms with Gasteiger partial charge in [-0.15, -0.1) is 0 Å². The first kappa shape index (κ1) is 72.2. The molecule has 12 amide bonds. The van der Waals surface area contributed by atoms with Gasteiger partial charge in [-0.05, 0) is 95.2 Å². The summed E-state index contributed by atoms with van der Waals surface area (Å²) in [6.07, 6.45) is 2.86. The Hall–Kier alpha value is -9.88. The van der Waals surface area contributed by atoms with Crippen LogP contribution in [0.5, 0.6) is 0 Å². The quantitative estimate of drug-likeness (QED) is 0.0205. The monoisotopic (exact) mass is 1300 g/mol. The fourth-order valence-corrected chi connectivity index (χ4v) is 11.4. The van der Waals surface area contributed by atoms with Crippen molar-refractivity contribution in [1.29, 1.82) is 0 Å². The third-order valence-electron chi connectivity index (χ3n) is 16.4. The average Bonchev–Trinajstić information content (AvgIpc) is 1.79. The Morgan fingerprint density at radius 3 is 1.96 bits per heavy atom. The number of aliphatic hydroxyl groups is 1. The summed E-state index contributed by atoms with van der Waals surface area (Å²) in [5.41, 5.74) is 29.6. The Morgan fingerprint density at radius 1 is 0.656 bits per heavy atom. The number of amides is 12. The Labute approximate surface area is 537 Å². The molecule has 6 rings (SSSR count). The van der Waals surface area contributed by atoms with E-state index in [9.17, 15) is 53.1 Å². The van der Waals surface area contributed by atoms with Crippen molar-refractivity contribution in [2.75, 3.05) is 32.8 Å². The Kier molecular flexibility index (Phi) is 27.2. The minimum atomic E-state index is -1.51. The SMILES string of the molecule is CC(=O)N[C@@H](CO)C(=O)N[C@@H](C)C(=O)N[C@@H](CCCN=C(N)N)C(=O)N[C@@H](Cc1c[nH]c2ccccc12)C(=O)N[C@H]1CCCC[C@@H](C(=O)N2CCC[C@H]2C(=O)N[C@@H](CCCN=C(N)N)C(N)=O)NC(=O)[C@H](C)NC(=O)[C@@H]2CCCN2C(=O)[C@H](Cc2ccccc2)NC1=O. The largest absolute Gasteiger partial charge is 0.394 e. The highest BCUT2D eigenvalue weighted by Crippen LogP contribution is 2.24. The molecule has 21 N–H and O–H groups in total. The van der Waals surface area contributed by atoms with Crippen LogP contribution in [0.2, 0.25) is 0 Å². The number of aliphatic hydroxyl groups excluding tert-OH is 1. The lowest BCUT2D eigenvalue weighted by Crippen LogP contribution is -2.60. The maximum atomic E-state index is 15.3. The summed E-state index contributed by atoms with van der Waals surface area (Å²) in [6, 6.07) is 1.64. The van der Waals surface area contributed by atoms with E-state index in [0.717, 1.165) is 6.92 Å². The molecule has 3 saturated heterocycles. The van der Waals surface area contributed by atoms with Gasteiger partial charge < -0.3 is 96.4 Å². The Morgan fingerprint density at radius 2 is 1.29 bits per heavy atom. The van der Waals surface area contributed by atoms with E-state index in [-0.39, 0.29) is 115 Å². The second-order valence-electron chi connectivity index (χ2n) is 23.5. The molecule has 0 unspecified atom stereocenters. The number of hydrogen-bond donors (Lipinski definition) is 16. The number of aromatic amines is 1. The lowest BCUT2D eigenvalue weighted by Gasteiger charge is -2.31. The van der Waals surface area contributed by atoms with Crippen molar-refractivity contribution in [2.45, 2.75) is 177 Å². The van der Waals surface area contributed by atoms with Crippen molar-refractivity contribution in [3.05, 3.63) is 71.9 Å². The van der Waals surface area contributed by atoms with Crippen molar-refractivity contribution in [3.8, 4) is 0 Å². The van der Waals surface area contributed by atoms with Gasteiger partial charge >= 0.3 is 0 Å². The molecule has 0 spiro atoms. The van der Waals surface area contributed by atoms with Gasteiger partial charge in [-0.3, -0.25) is 67.5 Å².